The average molecular weight is 1630 g/mol. The van der Waals surface area contributed by atoms with Gasteiger partial charge in [0.25, 0.3) is 0 Å². The first-order valence-electron chi connectivity index (χ1n) is 41.1. The van der Waals surface area contributed by atoms with Gasteiger partial charge < -0.3 is 0 Å². The Morgan fingerprint density at radius 3 is 0.508 bits per heavy atom. The molecule has 0 bridgehead atoms. The van der Waals surface area contributed by atoms with Crippen molar-refractivity contribution in [3.63, 3.8) is 0 Å². The average Bonchev–Trinajstić information content (AvgIpc) is 0.724. The van der Waals surface area contributed by atoms with Crippen molar-refractivity contribution < 1.29 is 0 Å². The van der Waals surface area contributed by atoms with E-state index in [0.29, 0.717) is 100 Å². The number of hydrogen-bond donors (Lipinski definition) is 0. The van der Waals surface area contributed by atoms with Gasteiger partial charge in [-0.15, -0.1) is 103 Å². The molecule has 0 spiro atoms. The fraction of sp³-hybridized carbons (Fsp3) is 0. The van der Waals surface area contributed by atoms with Crippen LogP contribution in [0.1, 0.15) is 89.0 Å². The minimum Gasteiger partial charge on any atom is -0.115 e. The first-order chi connectivity index (χ1) is 63.7. The van der Waals surface area contributed by atoms with E-state index < -0.39 is 0 Å². The molecule has 130 heavy (non-hydrogen) atoms. The Hall–Kier alpha value is -19.8. The summed E-state index contributed by atoms with van der Waals surface area (Å²) in [7, 11) is 0. The van der Waals surface area contributed by atoms with Gasteiger partial charge in [-0.1, -0.05) is 265 Å². The van der Waals surface area contributed by atoms with Crippen molar-refractivity contribution in [3.05, 3.63) is 392 Å². The second-order valence-corrected chi connectivity index (χ2v) is 30.7. The van der Waals surface area contributed by atoms with Crippen molar-refractivity contribution in [1.29, 1.82) is 0 Å². The quantitative estimate of drug-likeness (QED) is 0.0752. The van der Waals surface area contributed by atoms with E-state index in [2.05, 4.69) is 252 Å². The number of benzene rings is 17. The van der Waals surface area contributed by atoms with Gasteiger partial charge in [0.2, 0.25) is 0 Å². The van der Waals surface area contributed by atoms with E-state index in [1.165, 1.54) is 0 Å². The lowest BCUT2D eigenvalue weighted by atomic mass is 9.82. The maximum Gasteiger partial charge on any atom is 0.0477 e. The van der Waals surface area contributed by atoms with E-state index in [9.17, 15) is 0 Å². The number of fused-ring (bicyclic) bond motifs is 2. The second-order valence-electron chi connectivity index (χ2n) is 30.7. The smallest absolute Gasteiger partial charge is 0.0477 e. The van der Waals surface area contributed by atoms with Crippen molar-refractivity contribution in [3.8, 4) is 353 Å². The third kappa shape index (κ3) is 14.6. The summed E-state index contributed by atoms with van der Waals surface area (Å²) in [6.45, 7) is 0. The largest absolute Gasteiger partial charge is 0.115 e. The Morgan fingerprint density at radius 2 is 0.292 bits per heavy atom. The van der Waals surface area contributed by atoms with Gasteiger partial charge in [-0.05, 0) is 311 Å². The number of terminal acetylenes is 16. The van der Waals surface area contributed by atoms with Crippen molar-refractivity contribution in [2.24, 2.45) is 0 Å². The third-order valence-corrected chi connectivity index (χ3v) is 23.9. The first-order valence-corrected chi connectivity index (χ1v) is 41.1. The highest BCUT2D eigenvalue weighted by molar-refractivity contribution is 6.22. The van der Waals surface area contributed by atoms with Gasteiger partial charge in [0.15, 0.2) is 0 Å². The van der Waals surface area contributed by atoms with Crippen LogP contribution in [-0.4, -0.2) is 0 Å². The molecule has 0 aliphatic rings. The number of rotatable bonds is 14. The van der Waals surface area contributed by atoms with Gasteiger partial charge in [-0.2, -0.15) is 0 Å². The maximum atomic E-state index is 6.54. The maximum absolute atomic E-state index is 6.54. The second kappa shape index (κ2) is 35.4. The molecule has 0 unspecified atom stereocenters. The zero-order valence-electron chi connectivity index (χ0n) is 70.1. The monoisotopic (exact) mass is 1630 g/mol. The third-order valence-electron chi connectivity index (χ3n) is 23.9. The van der Waals surface area contributed by atoms with Crippen molar-refractivity contribution >= 4 is 21.5 Å². The molecule has 586 valence electrons. The van der Waals surface area contributed by atoms with Crippen LogP contribution >= 0.6 is 0 Å². The highest BCUT2D eigenvalue weighted by atomic mass is 14.3. The first kappa shape index (κ1) is 82.5. The SMILES string of the molecule is C#Cc1cccc(-c2cc(-c3cc(-c4ccc(-c5cccc(C#C)c5C#C)c(-c5cccc(C#C)c5C#C)c4)cc(-c4c5ccccc5c(-c5cc(-c6cc(-c7cccc(C#C)c7C#C)cc(-c7cccc(C#C)c7C#C)c6)cc(-c6ccc(-c7cccc(C#C)c7C#C)c(-c7cccc(C#C)c7C#C)c6)c5)c5ccccc45)c3)cc(-c3cccc(C#C)c3C#C)c2)c1C#C. The van der Waals surface area contributed by atoms with Gasteiger partial charge in [0, 0.05) is 89.0 Å². The Bertz CT molecular complexity index is 7850. The molecular weight excluding hydrogens is 1560 g/mol. The van der Waals surface area contributed by atoms with Crippen LogP contribution in [0, 0.1) is 198 Å². The Kier molecular flexibility index (Phi) is 22.4. The molecule has 0 atom stereocenters. The molecule has 0 N–H and O–H groups in total. The van der Waals surface area contributed by atoms with Crippen LogP contribution in [0.25, 0.3) is 177 Å². The van der Waals surface area contributed by atoms with E-state index in [-0.39, 0.29) is 0 Å². The van der Waals surface area contributed by atoms with Gasteiger partial charge in [-0.3, -0.25) is 0 Å². The van der Waals surface area contributed by atoms with E-state index in [1.54, 1.807) is 0 Å². The van der Waals surface area contributed by atoms with E-state index in [1.807, 2.05) is 146 Å². The van der Waals surface area contributed by atoms with Crippen LogP contribution in [0.3, 0.4) is 0 Å². The Balaban J connectivity index is 0.996. The molecule has 0 aliphatic carbocycles. The van der Waals surface area contributed by atoms with Gasteiger partial charge in [-0.25, -0.2) is 0 Å². The molecule has 0 radical (unpaired) electrons. The lowest BCUT2D eigenvalue weighted by Gasteiger charge is -2.22. The predicted molar refractivity (Wildman–Crippen MR) is 545 cm³/mol. The standard InChI is InChI=1S/C130H66/c1-17-83-45-37-57-113(105(83)25-9)99-71-97(72-100(79-99)114-58-38-46-84(18-2)106(114)26-10)95-69-93(91-65-67-121(117-61-41-49-87(21-5)109(117)29-13)127(81-91)119-63-43-51-89(23-7)111(119)31-15)75-103(77-95)129-123-53-33-35-55-125(123)130(126-56-36-34-54-124(126)129)104-76-94(92-66-68-122(118-62-42-50-88(22-6)110(118)30-14)128(82-92)120-64-44-52-90(24-8)112(120)32-16)70-96(78-104)98-73-101(115-59-39-47-85(19-3)107(115)27-11)80-102(74-98)116-60-40-48-86(20-4)108(116)28-12/h1-16,33-82H. The molecular formula is C130H66. The van der Waals surface area contributed by atoms with Crippen molar-refractivity contribution in [1.82, 2.24) is 0 Å². The summed E-state index contributed by atoms with van der Waals surface area (Å²) in [6, 6.07) is 102. The summed E-state index contributed by atoms with van der Waals surface area (Å²) < 4.78 is 0. The molecule has 17 aromatic rings. The molecule has 17 rings (SSSR count). The van der Waals surface area contributed by atoms with Crippen LogP contribution in [0.4, 0.5) is 0 Å². The summed E-state index contributed by atoms with van der Waals surface area (Å²) in [5, 5.41) is 3.67. The minimum atomic E-state index is 0.525. The molecule has 0 saturated carbocycles. The highest BCUT2D eigenvalue weighted by Crippen LogP contribution is 2.51. The molecule has 0 fully saturated rings. The van der Waals surface area contributed by atoms with E-state index in [4.69, 9.17) is 103 Å². The predicted octanol–water partition coefficient (Wildman–Crippen LogP) is 27.0. The summed E-state index contributed by atoms with van der Waals surface area (Å²) >= 11 is 0. The molecule has 17 aromatic carbocycles. The normalized spacial score (nSPS) is 10.3. The zero-order chi connectivity index (χ0) is 90.4. The molecule has 0 nitrogen and oxygen atoms in total. The summed E-state index contributed by atoms with van der Waals surface area (Å²) in [5.74, 6) is 46.2. The minimum absolute atomic E-state index is 0.525. The fourth-order valence-electron chi connectivity index (χ4n) is 18.0. The molecule has 0 aromatic heterocycles. The van der Waals surface area contributed by atoms with Crippen LogP contribution in [-0.2, 0) is 0 Å². The summed E-state index contributed by atoms with van der Waals surface area (Å²) in [5.41, 5.74) is 30.7. The van der Waals surface area contributed by atoms with Crippen molar-refractivity contribution in [2.75, 3.05) is 0 Å². The van der Waals surface area contributed by atoms with Crippen LogP contribution in [0.2, 0.25) is 0 Å². The summed E-state index contributed by atoms with van der Waals surface area (Å²) in [4.78, 5) is 0. The van der Waals surface area contributed by atoms with E-state index >= 15 is 0 Å². The lowest BCUT2D eigenvalue weighted by molar-refractivity contribution is 1.50. The highest BCUT2D eigenvalue weighted by Gasteiger charge is 2.27. The molecule has 0 aliphatic heterocycles. The van der Waals surface area contributed by atoms with Gasteiger partial charge in [0.05, 0.1) is 0 Å². The Labute approximate surface area is 761 Å². The topological polar surface area (TPSA) is 0 Å². The lowest BCUT2D eigenvalue weighted by Crippen LogP contribution is -1.97. The molecule has 0 heteroatoms. The van der Waals surface area contributed by atoms with Crippen LogP contribution in [0.15, 0.2) is 303 Å². The molecule has 0 saturated heterocycles. The van der Waals surface area contributed by atoms with Crippen LogP contribution in [0.5, 0.6) is 0 Å². The van der Waals surface area contributed by atoms with Crippen LogP contribution < -0.4 is 0 Å². The van der Waals surface area contributed by atoms with Gasteiger partial charge >= 0.3 is 0 Å². The van der Waals surface area contributed by atoms with E-state index in [0.717, 1.165) is 166 Å². The molecule has 0 heterocycles. The summed E-state index contributed by atoms with van der Waals surface area (Å²) in [6.07, 6.45) is 102. The zero-order valence-corrected chi connectivity index (χ0v) is 70.1. The number of hydrogen-bond acceptors (Lipinski definition) is 0. The van der Waals surface area contributed by atoms with Gasteiger partial charge in [0.1, 0.15) is 0 Å². The fourth-order valence-corrected chi connectivity index (χ4v) is 18.0. The Morgan fingerprint density at radius 1 is 0.115 bits per heavy atom. The molecule has 0 amide bonds. The van der Waals surface area contributed by atoms with Crippen molar-refractivity contribution in [2.45, 2.75) is 0 Å².